The molecule has 2 aromatic carbocycles. The first-order valence-corrected chi connectivity index (χ1v) is 7.04. The zero-order chi connectivity index (χ0) is 14.4. The topological polar surface area (TPSA) is 20.3 Å². The number of benzene rings is 2. The van der Waals surface area contributed by atoms with Crippen molar-refractivity contribution in [1.82, 2.24) is 4.90 Å². The van der Waals surface area contributed by atoms with Crippen molar-refractivity contribution in [2.75, 3.05) is 13.6 Å². The summed E-state index contributed by atoms with van der Waals surface area (Å²) in [5.74, 6) is 0. The molecule has 0 radical (unpaired) electrons. The molecule has 0 saturated carbocycles. The van der Waals surface area contributed by atoms with Crippen LogP contribution < -0.4 is 0 Å². The lowest BCUT2D eigenvalue weighted by molar-refractivity contribution is 0.108. The second-order valence-electron chi connectivity index (χ2n) is 4.94. The van der Waals surface area contributed by atoms with E-state index < -0.39 is 5.24 Å². The third-order valence-corrected chi connectivity index (χ3v) is 3.48. The monoisotopic (exact) mass is 287 g/mol. The van der Waals surface area contributed by atoms with Gasteiger partial charge < -0.3 is 4.90 Å². The van der Waals surface area contributed by atoms with Crippen molar-refractivity contribution in [2.45, 2.75) is 13.0 Å². The highest BCUT2D eigenvalue weighted by molar-refractivity contribution is 6.67. The van der Waals surface area contributed by atoms with Gasteiger partial charge in [0.25, 0.3) is 5.24 Å². The predicted octanol–water partition coefficient (Wildman–Crippen LogP) is 3.74. The molecule has 0 saturated heterocycles. The molecule has 0 unspecified atom stereocenters. The minimum atomic E-state index is -0.408. The number of nitrogens with zero attached hydrogens (tertiary/aromatic N) is 1. The quantitative estimate of drug-likeness (QED) is 0.755. The molecule has 0 atom stereocenters. The van der Waals surface area contributed by atoms with Crippen molar-refractivity contribution in [2.24, 2.45) is 0 Å². The van der Waals surface area contributed by atoms with Crippen LogP contribution in [-0.2, 0) is 13.0 Å². The summed E-state index contributed by atoms with van der Waals surface area (Å²) in [4.78, 5) is 13.3. The normalized spacial score (nSPS) is 10.8. The zero-order valence-corrected chi connectivity index (χ0v) is 12.3. The van der Waals surface area contributed by atoms with Gasteiger partial charge in [-0.2, -0.15) is 0 Å². The van der Waals surface area contributed by atoms with E-state index >= 15 is 0 Å². The van der Waals surface area contributed by atoms with E-state index in [4.69, 9.17) is 11.6 Å². The lowest BCUT2D eigenvalue weighted by Gasteiger charge is -2.16. The molecular formula is C17H18ClNO. The van der Waals surface area contributed by atoms with E-state index in [0.29, 0.717) is 5.56 Å². The van der Waals surface area contributed by atoms with Crippen LogP contribution in [0.25, 0.3) is 0 Å². The van der Waals surface area contributed by atoms with E-state index in [9.17, 15) is 4.79 Å². The Kier molecular flexibility index (Phi) is 5.33. The van der Waals surface area contributed by atoms with Crippen LogP contribution in [0.4, 0.5) is 0 Å². The zero-order valence-electron chi connectivity index (χ0n) is 11.6. The highest BCUT2D eigenvalue weighted by atomic mass is 35.5. The average Bonchev–Trinajstić information content (AvgIpc) is 2.47. The van der Waals surface area contributed by atoms with E-state index in [1.165, 1.54) is 11.1 Å². The molecule has 2 nitrogen and oxygen atoms in total. The van der Waals surface area contributed by atoms with E-state index in [1.54, 1.807) is 12.1 Å². The number of likely N-dealkylation sites (N-methyl/N-ethyl adjacent to an activating group) is 1. The SMILES string of the molecule is CN(CCc1ccccc1)Cc1ccc(C(=O)Cl)cc1. The molecule has 0 aromatic heterocycles. The Hall–Kier alpha value is -1.64. The first kappa shape index (κ1) is 14.8. The minimum Gasteiger partial charge on any atom is -0.302 e. The number of halogens is 1. The van der Waals surface area contributed by atoms with Crippen LogP contribution in [0.2, 0.25) is 0 Å². The number of hydrogen-bond donors (Lipinski definition) is 0. The Labute approximate surface area is 125 Å². The van der Waals surface area contributed by atoms with Gasteiger partial charge in [-0.25, -0.2) is 0 Å². The summed E-state index contributed by atoms with van der Waals surface area (Å²) < 4.78 is 0. The Bertz CT molecular complexity index is 551. The largest absolute Gasteiger partial charge is 0.302 e. The lowest BCUT2D eigenvalue weighted by atomic mass is 10.1. The van der Waals surface area contributed by atoms with Gasteiger partial charge in [0.15, 0.2) is 0 Å². The number of carbonyl (C=O) groups excluding carboxylic acids is 1. The van der Waals surface area contributed by atoms with Gasteiger partial charge in [0.1, 0.15) is 0 Å². The Morgan fingerprint density at radius 2 is 1.65 bits per heavy atom. The molecule has 3 heteroatoms. The van der Waals surface area contributed by atoms with E-state index in [-0.39, 0.29) is 0 Å². The fourth-order valence-corrected chi connectivity index (χ4v) is 2.22. The summed E-state index contributed by atoms with van der Waals surface area (Å²) in [6, 6.07) is 17.9. The summed E-state index contributed by atoms with van der Waals surface area (Å²) in [6.07, 6.45) is 1.04. The molecule has 104 valence electrons. The molecule has 2 aromatic rings. The summed E-state index contributed by atoms with van der Waals surface area (Å²) >= 11 is 5.43. The third kappa shape index (κ3) is 4.48. The van der Waals surface area contributed by atoms with Crippen molar-refractivity contribution >= 4 is 16.8 Å². The summed E-state index contributed by atoms with van der Waals surface area (Å²) in [5, 5.41) is -0.408. The number of hydrogen-bond acceptors (Lipinski definition) is 2. The van der Waals surface area contributed by atoms with Crippen LogP contribution in [0.1, 0.15) is 21.5 Å². The van der Waals surface area contributed by atoms with Gasteiger partial charge in [0, 0.05) is 18.7 Å². The molecule has 2 rings (SSSR count). The van der Waals surface area contributed by atoms with Gasteiger partial charge in [-0.05, 0) is 48.3 Å². The van der Waals surface area contributed by atoms with Gasteiger partial charge in [-0.1, -0.05) is 42.5 Å². The average molecular weight is 288 g/mol. The molecule has 0 aliphatic carbocycles. The van der Waals surface area contributed by atoms with Crippen molar-refractivity contribution in [3.63, 3.8) is 0 Å². The predicted molar refractivity (Wildman–Crippen MR) is 83.1 cm³/mol. The minimum absolute atomic E-state index is 0.408. The van der Waals surface area contributed by atoms with Crippen LogP contribution in [0.5, 0.6) is 0 Å². The fraction of sp³-hybridized carbons (Fsp3) is 0.235. The van der Waals surface area contributed by atoms with Crippen molar-refractivity contribution < 1.29 is 4.79 Å². The van der Waals surface area contributed by atoms with Gasteiger partial charge in [-0.15, -0.1) is 0 Å². The smallest absolute Gasteiger partial charge is 0.252 e. The van der Waals surface area contributed by atoms with Gasteiger partial charge in [0.2, 0.25) is 0 Å². The standard InChI is InChI=1S/C17H18ClNO/c1-19(12-11-14-5-3-2-4-6-14)13-15-7-9-16(10-8-15)17(18)20/h2-10H,11-13H2,1H3. The maximum Gasteiger partial charge on any atom is 0.252 e. The molecule has 0 heterocycles. The molecule has 0 aliphatic heterocycles. The van der Waals surface area contributed by atoms with Crippen molar-refractivity contribution in [1.29, 1.82) is 0 Å². The van der Waals surface area contributed by atoms with E-state index in [0.717, 1.165) is 19.5 Å². The molecule has 0 N–H and O–H groups in total. The van der Waals surface area contributed by atoms with Crippen LogP contribution in [0, 0.1) is 0 Å². The molecule has 20 heavy (non-hydrogen) atoms. The summed E-state index contributed by atoms with van der Waals surface area (Å²) in [6.45, 7) is 1.86. The number of rotatable bonds is 6. The highest BCUT2D eigenvalue weighted by Gasteiger charge is 2.04. The van der Waals surface area contributed by atoms with E-state index in [1.807, 2.05) is 18.2 Å². The molecule has 0 spiro atoms. The van der Waals surface area contributed by atoms with Gasteiger partial charge in [0.05, 0.1) is 0 Å². The summed E-state index contributed by atoms with van der Waals surface area (Å²) in [7, 11) is 2.10. The summed E-state index contributed by atoms with van der Waals surface area (Å²) in [5.41, 5.74) is 3.08. The molecule has 0 aliphatic rings. The Morgan fingerprint density at radius 3 is 2.25 bits per heavy atom. The molecular weight excluding hydrogens is 270 g/mol. The fourth-order valence-electron chi connectivity index (χ4n) is 2.10. The van der Waals surface area contributed by atoms with Crippen molar-refractivity contribution in [3.05, 3.63) is 71.3 Å². The van der Waals surface area contributed by atoms with Crippen LogP contribution in [-0.4, -0.2) is 23.7 Å². The highest BCUT2D eigenvalue weighted by Crippen LogP contribution is 2.09. The molecule has 0 bridgehead atoms. The lowest BCUT2D eigenvalue weighted by Crippen LogP contribution is -2.20. The molecule has 0 fully saturated rings. The first-order valence-electron chi connectivity index (χ1n) is 6.66. The third-order valence-electron chi connectivity index (χ3n) is 3.26. The van der Waals surface area contributed by atoms with Gasteiger partial charge in [-0.3, -0.25) is 4.79 Å². The van der Waals surface area contributed by atoms with Crippen LogP contribution >= 0.6 is 11.6 Å². The molecule has 0 amide bonds. The van der Waals surface area contributed by atoms with Crippen LogP contribution in [0.3, 0.4) is 0 Å². The maximum atomic E-state index is 11.0. The number of carbonyl (C=O) groups is 1. The van der Waals surface area contributed by atoms with E-state index in [2.05, 4.69) is 36.2 Å². The van der Waals surface area contributed by atoms with Crippen LogP contribution in [0.15, 0.2) is 54.6 Å². The Balaban J connectivity index is 1.85. The van der Waals surface area contributed by atoms with Crippen molar-refractivity contribution in [3.8, 4) is 0 Å². The Morgan fingerprint density at radius 1 is 1.00 bits per heavy atom. The second kappa shape index (κ2) is 7.22. The van der Waals surface area contributed by atoms with Gasteiger partial charge >= 0.3 is 0 Å². The first-order chi connectivity index (χ1) is 9.65. The second-order valence-corrected chi connectivity index (χ2v) is 5.29. The maximum absolute atomic E-state index is 11.0.